The maximum Gasteiger partial charge on any atom is 0.573 e. The highest BCUT2D eigenvalue weighted by atomic mass is 19.4. The number of alkyl halides is 3. The van der Waals surface area contributed by atoms with Crippen LogP contribution in [-0.4, -0.2) is 22.5 Å². The van der Waals surface area contributed by atoms with Gasteiger partial charge in [0.1, 0.15) is 12.4 Å². The van der Waals surface area contributed by atoms with Gasteiger partial charge in [0.25, 0.3) is 0 Å². The number of nitrogens with two attached hydrogens (primary N) is 1. The molecule has 4 N–H and O–H groups in total. The average Bonchev–Trinajstić information content (AvgIpc) is 2.72. The second-order valence-electron chi connectivity index (χ2n) is 6.26. The molecule has 164 valence electrons. The Bertz CT molecular complexity index is 1010. The molecule has 0 unspecified atom stereocenters. The zero-order valence-electron chi connectivity index (χ0n) is 16.4. The van der Waals surface area contributed by atoms with Crippen LogP contribution in [0.25, 0.3) is 0 Å². The highest BCUT2D eigenvalue weighted by Gasteiger charge is 2.33. The van der Waals surface area contributed by atoms with Crippen LogP contribution in [0.15, 0.2) is 66.7 Å². The van der Waals surface area contributed by atoms with Crippen LogP contribution in [0.2, 0.25) is 0 Å². The lowest BCUT2D eigenvalue weighted by atomic mass is 10.1. The third-order valence-corrected chi connectivity index (χ3v) is 3.96. The number of phenolic OH excluding ortho intramolecular Hbond substituents is 1. The van der Waals surface area contributed by atoms with Gasteiger partial charge in [-0.2, -0.15) is 0 Å². The molecule has 0 radical (unpaired) electrons. The Kier molecular flexibility index (Phi) is 7.73. The zero-order valence-corrected chi connectivity index (χ0v) is 16.4. The number of nitrogen functional groups attached to an aromatic ring is 1. The van der Waals surface area contributed by atoms with Crippen LogP contribution >= 0.6 is 0 Å². The largest absolute Gasteiger partial charge is 0.573 e. The van der Waals surface area contributed by atoms with Gasteiger partial charge < -0.3 is 25.4 Å². The minimum atomic E-state index is -4.87. The van der Waals surface area contributed by atoms with Gasteiger partial charge in [0.05, 0.1) is 11.3 Å². The summed E-state index contributed by atoms with van der Waals surface area (Å²) >= 11 is 0. The number of aromatic hydroxyl groups is 1. The van der Waals surface area contributed by atoms with E-state index in [9.17, 15) is 23.1 Å². The van der Waals surface area contributed by atoms with Gasteiger partial charge in [0, 0.05) is 11.6 Å². The topological polar surface area (TPSA) is 102 Å². The van der Waals surface area contributed by atoms with Gasteiger partial charge in [-0.15, -0.1) is 13.2 Å². The summed E-state index contributed by atoms with van der Waals surface area (Å²) in [5.74, 6) is -1.99. The van der Waals surface area contributed by atoms with Crippen molar-refractivity contribution in [3.63, 3.8) is 0 Å². The molecule has 0 aliphatic rings. The predicted molar refractivity (Wildman–Crippen MR) is 108 cm³/mol. The van der Waals surface area contributed by atoms with Crippen molar-refractivity contribution in [1.29, 1.82) is 0 Å². The van der Waals surface area contributed by atoms with Gasteiger partial charge >= 0.3 is 12.3 Å². The number of carbonyl (C=O) groups is 1. The molecule has 0 aliphatic heterocycles. The molecular formula is C22H20F3NO5. The number of aromatic carboxylic acids is 1. The zero-order chi connectivity index (χ0) is 23.0. The molecular weight excluding hydrogens is 415 g/mol. The minimum Gasteiger partial charge on any atom is -0.504 e. The molecule has 0 aliphatic carbocycles. The van der Waals surface area contributed by atoms with Gasteiger partial charge in [-0.3, -0.25) is 0 Å². The van der Waals surface area contributed by atoms with Crippen molar-refractivity contribution >= 4 is 11.7 Å². The molecule has 6 nitrogen and oxygen atoms in total. The summed E-state index contributed by atoms with van der Waals surface area (Å²) in [6, 6.07) is 18.3. The van der Waals surface area contributed by atoms with E-state index in [0.29, 0.717) is 5.56 Å². The van der Waals surface area contributed by atoms with Gasteiger partial charge in [-0.1, -0.05) is 48.5 Å². The molecule has 0 saturated heterocycles. The highest BCUT2D eigenvalue weighted by Crippen LogP contribution is 2.43. The maximum absolute atomic E-state index is 12.3. The number of hydrogen-bond donors (Lipinski definition) is 3. The molecule has 0 atom stereocenters. The lowest BCUT2D eigenvalue weighted by Crippen LogP contribution is -2.18. The third kappa shape index (κ3) is 7.14. The van der Waals surface area contributed by atoms with E-state index in [1.54, 1.807) is 42.5 Å². The fourth-order valence-electron chi connectivity index (χ4n) is 2.43. The predicted octanol–water partition coefficient (Wildman–Crippen LogP) is 5.15. The van der Waals surface area contributed by atoms with Crippen LogP contribution in [0.1, 0.15) is 21.5 Å². The van der Waals surface area contributed by atoms with Gasteiger partial charge in [0.15, 0.2) is 11.5 Å². The van der Waals surface area contributed by atoms with Crippen molar-refractivity contribution in [2.24, 2.45) is 0 Å². The van der Waals surface area contributed by atoms with Crippen LogP contribution in [0.4, 0.5) is 18.9 Å². The van der Waals surface area contributed by atoms with Crippen LogP contribution in [0.5, 0.6) is 17.2 Å². The van der Waals surface area contributed by atoms with Crippen LogP contribution in [-0.2, 0) is 6.61 Å². The van der Waals surface area contributed by atoms with E-state index < -0.39 is 23.8 Å². The average molecular weight is 435 g/mol. The van der Waals surface area contributed by atoms with E-state index >= 15 is 0 Å². The number of rotatable bonds is 5. The minimum absolute atomic E-state index is 0.0733. The summed E-state index contributed by atoms with van der Waals surface area (Å²) < 4.78 is 46.1. The number of anilines is 1. The smallest absolute Gasteiger partial charge is 0.504 e. The lowest BCUT2D eigenvalue weighted by Gasteiger charge is -2.17. The van der Waals surface area contributed by atoms with Crippen molar-refractivity contribution in [2.45, 2.75) is 19.9 Å². The molecule has 0 heterocycles. The van der Waals surface area contributed by atoms with E-state index in [2.05, 4.69) is 4.74 Å². The van der Waals surface area contributed by atoms with Gasteiger partial charge in [0.2, 0.25) is 0 Å². The Morgan fingerprint density at radius 3 is 2.06 bits per heavy atom. The first kappa shape index (κ1) is 23.4. The van der Waals surface area contributed by atoms with Crippen molar-refractivity contribution in [3.8, 4) is 17.2 Å². The van der Waals surface area contributed by atoms with Crippen LogP contribution < -0.4 is 15.2 Å². The molecule has 3 rings (SSSR count). The summed E-state index contributed by atoms with van der Waals surface area (Å²) in [6.45, 7) is 1.41. The summed E-state index contributed by atoms with van der Waals surface area (Å²) in [6.07, 6.45) is -4.87. The SMILES string of the molecule is Cc1c(OC(F)(F)F)cc(N)c(OCc2ccccc2)c1O.O=C(O)c1ccccc1. The Labute approximate surface area is 176 Å². The first-order valence-electron chi connectivity index (χ1n) is 8.91. The molecule has 0 aromatic heterocycles. The molecule has 0 fully saturated rings. The van der Waals surface area contributed by atoms with Gasteiger partial charge in [-0.25, -0.2) is 4.79 Å². The van der Waals surface area contributed by atoms with Gasteiger partial charge in [-0.05, 0) is 24.6 Å². The fourth-order valence-corrected chi connectivity index (χ4v) is 2.43. The molecule has 3 aromatic rings. The normalized spacial score (nSPS) is 10.6. The lowest BCUT2D eigenvalue weighted by molar-refractivity contribution is -0.274. The molecule has 9 heteroatoms. The molecule has 31 heavy (non-hydrogen) atoms. The summed E-state index contributed by atoms with van der Waals surface area (Å²) in [5.41, 5.74) is 6.56. The van der Waals surface area contributed by atoms with E-state index in [0.717, 1.165) is 11.6 Å². The van der Waals surface area contributed by atoms with Crippen molar-refractivity contribution < 1.29 is 37.7 Å². The van der Waals surface area contributed by atoms with Crippen molar-refractivity contribution in [1.82, 2.24) is 0 Å². The molecule has 0 saturated carbocycles. The number of phenols is 1. The molecule has 0 bridgehead atoms. The van der Waals surface area contributed by atoms with Crippen molar-refractivity contribution in [3.05, 3.63) is 83.4 Å². The Morgan fingerprint density at radius 2 is 1.58 bits per heavy atom. The Balaban J connectivity index is 0.000000316. The maximum atomic E-state index is 12.3. The molecule has 0 spiro atoms. The second kappa shape index (κ2) is 10.2. The van der Waals surface area contributed by atoms with E-state index in [1.807, 2.05) is 18.2 Å². The fraction of sp³-hybridized carbons (Fsp3) is 0.136. The summed E-state index contributed by atoms with van der Waals surface area (Å²) in [7, 11) is 0. The van der Waals surface area contributed by atoms with E-state index in [-0.39, 0.29) is 23.6 Å². The first-order chi connectivity index (χ1) is 14.6. The number of hydrogen-bond acceptors (Lipinski definition) is 5. The monoisotopic (exact) mass is 435 g/mol. The quantitative estimate of drug-likeness (QED) is 0.480. The van der Waals surface area contributed by atoms with Crippen LogP contribution in [0.3, 0.4) is 0 Å². The number of carboxylic acid groups (broad SMARTS) is 1. The number of carboxylic acids is 1. The summed E-state index contributed by atoms with van der Waals surface area (Å²) in [4.78, 5) is 10.2. The molecule has 0 amide bonds. The van der Waals surface area contributed by atoms with E-state index in [1.165, 1.54) is 6.92 Å². The second-order valence-corrected chi connectivity index (χ2v) is 6.26. The first-order valence-corrected chi connectivity index (χ1v) is 8.91. The van der Waals surface area contributed by atoms with E-state index in [4.69, 9.17) is 15.6 Å². The van der Waals surface area contributed by atoms with Crippen molar-refractivity contribution in [2.75, 3.05) is 5.73 Å². The Hall–Kier alpha value is -3.88. The third-order valence-electron chi connectivity index (χ3n) is 3.96. The number of benzene rings is 3. The number of ether oxygens (including phenoxy) is 2. The Morgan fingerprint density at radius 1 is 1.03 bits per heavy atom. The highest BCUT2D eigenvalue weighted by molar-refractivity contribution is 5.87. The van der Waals surface area contributed by atoms with Crippen LogP contribution in [0, 0.1) is 6.92 Å². The summed E-state index contributed by atoms with van der Waals surface area (Å²) in [5, 5.41) is 18.4. The standard InChI is InChI=1S/C15H14F3NO3.C7H6O2/c1-9-12(22-15(16,17)18)7-11(19)14(13(9)20)21-8-10-5-3-2-4-6-10;8-7(9)6-4-2-1-3-5-6/h2-7,20H,8,19H2,1H3;1-5H,(H,8,9). The molecule has 3 aromatic carbocycles. The number of halogens is 3.